The lowest BCUT2D eigenvalue weighted by Gasteiger charge is -2.05. The Balaban J connectivity index is 1.76. The van der Waals surface area contributed by atoms with Gasteiger partial charge in [-0.2, -0.15) is 0 Å². The van der Waals surface area contributed by atoms with E-state index in [1.807, 2.05) is 24.3 Å². The van der Waals surface area contributed by atoms with Crippen LogP contribution in [0.5, 0.6) is 5.75 Å². The van der Waals surface area contributed by atoms with Crippen LogP contribution in [0.4, 0.5) is 5.69 Å². The van der Waals surface area contributed by atoms with Gasteiger partial charge in [-0.15, -0.1) is 11.8 Å². The average molecular weight is 436 g/mol. The molecule has 1 aromatic heterocycles. The number of thioether (sulfide) groups is 1. The molecular weight excluding hydrogens is 421 g/mol. The van der Waals surface area contributed by atoms with E-state index in [2.05, 4.69) is 9.73 Å². The SMILES string of the molecule is COC(=O)c1ccc(CSc2ccccc2N=Cc2cc(Cl)cc(Cl)c2O)o1. The number of benzene rings is 2. The molecule has 1 heterocycles. The van der Waals surface area contributed by atoms with E-state index in [-0.39, 0.29) is 16.5 Å². The number of ether oxygens (including phenoxy) is 1. The molecule has 0 aliphatic carbocycles. The van der Waals surface area contributed by atoms with Crippen molar-refractivity contribution in [2.24, 2.45) is 4.99 Å². The Labute approximate surface area is 175 Å². The Hall–Kier alpha value is -2.41. The van der Waals surface area contributed by atoms with Gasteiger partial charge in [0.05, 0.1) is 23.6 Å². The van der Waals surface area contributed by atoms with Gasteiger partial charge in [0, 0.05) is 21.7 Å². The van der Waals surface area contributed by atoms with Crippen molar-refractivity contribution in [2.75, 3.05) is 7.11 Å². The number of carbonyl (C=O) groups excluding carboxylic acids is 1. The molecule has 0 aliphatic heterocycles. The third-order valence-corrected chi connectivity index (χ3v) is 5.28. The van der Waals surface area contributed by atoms with E-state index in [1.54, 1.807) is 18.2 Å². The van der Waals surface area contributed by atoms with Crippen LogP contribution in [0.1, 0.15) is 21.9 Å². The van der Waals surface area contributed by atoms with Gasteiger partial charge in [0.1, 0.15) is 11.5 Å². The number of hydrogen-bond acceptors (Lipinski definition) is 6. The number of phenols is 1. The molecule has 2 aromatic carbocycles. The maximum absolute atomic E-state index is 11.5. The minimum atomic E-state index is -0.513. The number of para-hydroxylation sites is 1. The van der Waals surface area contributed by atoms with Crippen LogP contribution in [0.2, 0.25) is 10.0 Å². The van der Waals surface area contributed by atoms with Gasteiger partial charge in [-0.3, -0.25) is 4.99 Å². The fourth-order valence-corrected chi connectivity index (χ4v) is 3.73. The zero-order valence-corrected chi connectivity index (χ0v) is 17.0. The summed E-state index contributed by atoms with van der Waals surface area (Å²) >= 11 is 13.4. The number of methoxy groups -OCH3 is 1. The molecule has 3 aromatic rings. The van der Waals surface area contributed by atoms with Crippen LogP contribution >= 0.6 is 35.0 Å². The second kappa shape index (κ2) is 9.19. The molecule has 0 aliphatic rings. The summed E-state index contributed by atoms with van der Waals surface area (Å²) in [4.78, 5) is 16.8. The molecule has 0 radical (unpaired) electrons. The summed E-state index contributed by atoms with van der Waals surface area (Å²) in [5.41, 5.74) is 1.13. The fraction of sp³-hybridized carbons (Fsp3) is 0.100. The molecule has 0 saturated heterocycles. The molecule has 144 valence electrons. The second-order valence-electron chi connectivity index (χ2n) is 5.60. The number of rotatable bonds is 6. The van der Waals surface area contributed by atoms with E-state index in [9.17, 15) is 9.90 Å². The molecule has 0 amide bonds. The van der Waals surface area contributed by atoms with Gasteiger partial charge in [0.2, 0.25) is 5.76 Å². The Kier molecular flexibility index (Phi) is 6.67. The lowest BCUT2D eigenvalue weighted by Crippen LogP contribution is -1.98. The molecule has 1 N–H and O–H groups in total. The fourth-order valence-electron chi connectivity index (χ4n) is 2.32. The monoisotopic (exact) mass is 435 g/mol. The molecule has 0 atom stereocenters. The maximum atomic E-state index is 11.5. The first-order chi connectivity index (χ1) is 13.5. The number of aliphatic imine (C=N–C) groups is 1. The molecule has 0 bridgehead atoms. The van der Waals surface area contributed by atoms with Gasteiger partial charge < -0.3 is 14.3 Å². The van der Waals surface area contributed by atoms with E-state index in [0.717, 1.165) is 4.90 Å². The molecule has 0 fully saturated rings. The van der Waals surface area contributed by atoms with Crippen molar-refractivity contribution >= 4 is 52.8 Å². The Morgan fingerprint density at radius 3 is 2.82 bits per heavy atom. The number of esters is 1. The van der Waals surface area contributed by atoms with Gasteiger partial charge in [-0.05, 0) is 36.4 Å². The third-order valence-electron chi connectivity index (χ3n) is 3.68. The summed E-state index contributed by atoms with van der Waals surface area (Å²) in [7, 11) is 1.30. The van der Waals surface area contributed by atoms with Gasteiger partial charge in [0.25, 0.3) is 0 Å². The molecule has 28 heavy (non-hydrogen) atoms. The first-order valence-electron chi connectivity index (χ1n) is 8.09. The normalized spacial score (nSPS) is 11.1. The number of phenolic OH excluding ortho intramolecular Hbond substituents is 1. The van der Waals surface area contributed by atoms with Crippen LogP contribution in [0, 0.1) is 0 Å². The minimum absolute atomic E-state index is 0.0779. The molecule has 0 saturated carbocycles. The van der Waals surface area contributed by atoms with Crippen molar-refractivity contribution in [2.45, 2.75) is 10.6 Å². The highest BCUT2D eigenvalue weighted by atomic mass is 35.5. The van der Waals surface area contributed by atoms with Gasteiger partial charge in [0.15, 0.2) is 0 Å². The molecule has 5 nitrogen and oxygen atoms in total. The Bertz CT molecular complexity index is 1030. The predicted octanol–water partition coefficient (Wildman–Crippen LogP) is 6.12. The van der Waals surface area contributed by atoms with Crippen molar-refractivity contribution < 1.29 is 19.1 Å². The minimum Gasteiger partial charge on any atom is -0.506 e. The summed E-state index contributed by atoms with van der Waals surface area (Å²) in [5.74, 6) is 0.728. The van der Waals surface area contributed by atoms with Gasteiger partial charge in [-0.1, -0.05) is 35.3 Å². The van der Waals surface area contributed by atoms with Crippen LogP contribution in [-0.2, 0) is 10.5 Å². The molecule has 0 unspecified atom stereocenters. The smallest absolute Gasteiger partial charge is 0.373 e. The van der Waals surface area contributed by atoms with Crippen LogP contribution in [0.15, 0.2) is 62.8 Å². The van der Waals surface area contributed by atoms with Crippen molar-refractivity contribution in [3.05, 3.63) is 75.7 Å². The van der Waals surface area contributed by atoms with Crippen molar-refractivity contribution in [3.8, 4) is 5.75 Å². The van der Waals surface area contributed by atoms with Gasteiger partial charge in [-0.25, -0.2) is 4.79 Å². The highest BCUT2D eigenvalue weighted by molar-refractivity contribution is 7.98. The van der Waals surface area contributed by atoms with Crippen molar-refractivity contribution in [3.63, 3.8) is 0 Å². The molecule has 3 rings (SSSR count). The summed E-state index contributed by atoms with van der Waals surface area (Å²) in [5, 5.41) is 10.6. The van der Waals surface area contributed by atoms with Crippen LogP contribution in [-0.4, -0.2) is 24.4 Å². The van der Waals surface area contributed by atoms with E-state index < -0.39 is 5.97 Å². The number of furan rings is 1. The average Bonchev–Trinajstić information content (AvgIpc) is 3.17. The quantitative estimate of drug-likeness (QED) is 0.286. The Morgan fingerprint density at radius 2 is 2.04 bits per heavy atom. The number of carbonyl (C=O) groups is 1. The number of halogens is 2. The molecular formula is C20H15Cl2NO4S. The topological polar surface area (TPSA) is 72.0 Å². The summed E-state index contributed by atoms with van der Waals surface area (Å²) < 4.78 is 10.1. The van der Waals surface area contributed by atoms with Crippen LogP contribution in [0.25, 0.3) is 0 Å². The van der Waals surface area contributed by atoms with Gasteiger partial charge >= 0.3 is 5.97 Å². The van der Waals surface area contributed by atoms with Crippen LogP contribution < -0.4 is 0 Å². The lowest BCUT2D eigenvalue weighted by molar-refractivity contribution is 0.0563. The first-order valence-corrected chi connectivity index (χ1v) is 9.83. The first kappa shape index (κ1) is 20.3. The van der Waals surface area contributed by atoms with E-state index in [4.69, 9.17) is 27.6 Å². The Morgan fingerprint density at radius 1 is 1.25 bits per heavy atom. The predicted molar refractivity (Wildman–Crippen MR) is 111 cm³/mol. The largest absolute Gasteiger partial charge is 0.506 e. The summed E-state index contributed by atoms with van der Waals surface area (Å²) in [6, 6.07) is 13.9. The highest BCUT2D eigenvalue weighted by Gasteiger charge is 2.12. The van der Waals surface area contributed by atoms with Crippen LogP contribution in [0.3, 0.4) is 0 Å². The summed E-state index contributed by atoms with van der Waals surface area (Å²) in [6.07, 6.45) is 1.51. The number of aromatic hydroxyl groups is 1. The third kappa shape index (κ3) is 4.90. The van der Waals surface area contributed by atoms with Crippen molar-refractivity contribution in [1.82, 2.24) is 0 Å². The van der Waals surface area contributed by atoms with Crippen molar-refractivity contribution in [1.29, 1.82) is 0 Å². The number of nitrogens with zero attached hydrogens (tertiary/aromatic N) is 1. The number of hydrogen-bond donors (Lipinski definition) is 1. The van der Waals surface area contributed by atoms with E-state index in [1.165, 1.54) is 31.2 Å². The standard InChI is InChI=1S/C20H15Cl2NO4S/c1-26-20(25)17-7-6-14(27-17)11-28-18-5-3-2-4-16(18)23-10-12-8-13(21)9-15(22)19(12)24/h2-10,24H,11H2,1H3. The zero-order chi connectivity index (χ0) is 20.1. The maximum Gasteiger partial charge on any atom is 0.373 e. The zero-order valence-electron chi connectivity index (χ0n) is 14.7. The summed E-state index contributed by atoms with van der Waals surface area (Å²) in [6.45, 7) is 0. The second-order valence-corrected chi connectivity index (χ2v) is 7.46. The highest BCUT2D eigenvalue weighted by Crippen LogP contribution is 2.34. The van der Waals surface area contributed by atoms with E-state index >= 15 is 0 Å². The molecule has 8 heteroatoms. The molecule has 0 spiro atoms. The lowest BCUT2D eigenvalue weighted by atomic mass is 10.2. The van der Waals surface area contributed by atoms with E-state index in [0.29, 0.717) is 27.8 Å².